The van der Waals surface area contributed by atoms with Gasteiger partial charge >= 0.3 is 0 Å². The molecule has 0 saturated carbocycles. The zero-order chi connectivity index (χ0) is 14.1. The second kappa shape index (κ2) is 4.95. The lowest BCUT2D eigenvalue weighted by atomic mass is 10.2. The van der Waals surface area contributed by atoms with E-state index in [-0.39, 0.29) is 0 Å². The average molecular weight is 325 g/mol. The van der Waals surface area contributed by atoms with Crippen molar-refractivity contribution in [3.05, 3.63) is 64.3 Å². The van der Waals surface area contributed by atoms with Gasteiger partial charge in [0.25, 0.3) is 0 Å². The standard InChI is InChI=1S/C16H9BrN2O/c17-14-5-3-7-16(13(14)10-20)19-9-11(8-18)12-4-1-2-6-15(12)19/h1-7,9-10H. The highest BCUT2D eigenvalue weighted by Gasteiger charge is 2.13. The van der Waals surface area contributed by atoms with Crippen LogP contribution in [0.2, 0.25) is 0 Å². The summed E-state index contributed by atoms with van der Waals surface area (Å²) < 4.78 is 2.61. The molecule has 0 aliphatic carbocycles. The molecule has 1 aromatic heterocycles. The summed E-state index contributed by atoms with van der Waals surface area (Å²) in [5.41, 5.74) is 2.83. The zero-order valence-electron chi connectivity index (χ0n) is 10.4. The lowest BCUT2D eigenvalue weighted by Gasteiger charge is -2.09. The van der Waals surface area contributed by atoms with Crippen LogP contribution in [0, 0.1) is 11.3 Å². The Morgan fingerprint density at radius 3 is 2.70 bits per heavy atom. The molecule has 0 aliphatic rings. The third-order valence-corrected chi connectivity index (χ3v) is 3.93. The predicted molar refractivity (Wildman–Crippen MR) is 81.1 cm³/mol. The molecule has 3 rings (SSSR count). The number of aldehydes is 1. The Morgan fingerprint density at radius 2 is 1.95 bits per heavy atom. The number of rotatable bonds is 2. The van der Waals surface area contributed by atoms with E-state index in [2.05, 4.69) is 22.0 Å². The summed E-state index contributed by atoms with van der Waals surface area (Å²) in [4.78, 5) is 11.3. The van der Waals surface area contributed by atoms with Crippen molar-refractivity contribution >= 4 is 33.1 Å². The first-order valence-corrected chi connectivity index (χ1v) is 6.80. The Bertz CT molecular complexity index is 859. The quantitative estimate of drug-likeness (QED) is 0.667. The molecule has 96 valence electrons. The molecule has 0 spiro atoms. The topological polar surface area (TPSA) is 45.8 Å². The number of aromatic nitrogens is 1. The Balaban J connectivity index is 2.40. The molecule has 0 atom stereocenters. The summed E-state index contributed by atoms with van der Waals surface area (Å²) in [6.07, 6.45) is 2.58. The van der Waals surface area contributed by atoms with Crippen LogP contribution in [0.4, 0.5) is 0 Å². The van der Waals surface area contributed by atoms with Crippen LogP contribution in [0.1, 0.15) is 15.9 Å². The van der Waals surface area contributed by atoms with Crippen LogP contribution in [0.25, 0.3) is 16.6 Å². The molecule has 1 heterocycles. The highest BCUT2D eigenvalue weighted by molar-refractivity contribution is 9.10. The van der Waals surface area contributed by atoms with Gasteiger partial charge in [0.05, 0.1) is 22.3 Å². The van der Waals surface area contributed by atoms with Gasteiger partial charge in [-0.1, -0.05) is 24.3 Å². The maximum Gasteiger partial charge on any atom is 0.153 e. The number of benzene rings is 2. The molecule has 4 heteroatoms. The predicted octanol–water partition coefficient (Wildman–Crippen LogP) is 4.08. The van der Waals surface area contributed by atoms with Gasteiger partial charge in [-0.05, 0) is 34.1 Å². The molecule has 20 heavy (non-hydrogen) atoms. The third-order valence-electron chi connectivity index (χ3n) is 3.24. The fourth-order valence-electron chi connectivity index (χ4n) is 2.32. The molecule has 0 saturated heterocycles. The van der Waals surface area contributed by atoms with E-state index in [1.54, 1.807) is 6.20 Å². The van der Waals surface area contributed by atoms with Crippen molar-refractivity contribution in [3.63, 3.8) is 0 Å². The fraction of sp³-hybridized carbons (Fsp3) is 0. The number of hydrogen-bond donors (Lipinski definition) is 0. The molecule has 0 radical (unpaired) electrons. The van der Waals surface area contributed by atoms with Gasteiger partial charge in [0.1, 0.15) is 6.07 Å². The van der Waals surface area contributed by atoms with E-state index in [0.717, 1.165) is 27.3 Å². The number of nitriles is 1. The van der Waals surface area contributed by atoms with Gasteiger partial charge in [-0.2, -0.15) is 5.26 Å². The highest BCUT2D eigenvalue weighted by Crippen LogP contribution is 2.28. The number of hydrogen-bond acceptors (Lipinski definition) is 2. The molecular formula is C16H9BrN2O. The van der Waals surface area contributed by atoms with Crippen LogP contribution in [0.15, 0.2) is 53.1 Å². The minimum absolute atomic E-state index is 0.567. The summed E-state index contributed by atoms with van der Waals surface area (Å²) in [5, 5.41) is 10.1. The van der Waals surface area contributed by atoms with Gasteiger partial charge in [0.2, 0.25) is 0 Å². The minimum atomic E-state index is 0.567. The normalized spacial score (nSPS) is 10.4. The van der Waals surface area contributed by atoms with Crippen LogP contribution < -0.4 is 0 Å². The molecular weight excluding hydrogens is 316 g/mol. The van der Waals surface area contributed by atoms with E-state index in [4.69, 9.17) is 0 Å². The van der Waals surface area contributed by atoms with Crippen molar-refractivity contribution in [2.75, 3.05) is 0 Å². The minimum Gasteiger partial charge on any atom is -0.314 e. The van der Waals surface area contributed by atoms with E-state index in [9.17, 15) is 10.1 Å². The molecule has 3 aromatic rings. The van der Waals surface area contributed by atoms with E-state index >= 15 is 0 Å². The number of nitrogens with zero attached hydrogens (tertiary/aromatic N) is 2. The summed E-state index contributed by atoms with van der Waals surface area (Å²) in [6.45, 7) is 0. The van der Waals surface area contributed by atoms with Crippen molar-refractivity contribution in [3.8, 4) is 11.8 Å². The first-order chi connectivity index (χ1) is 9.76. The maximum absolute atomic E-state index is 11.3. The van der Waals surface area contributed by atoms with Gasteiger partial charge in [0.15, 0.2) is 6.29 Å². The van der Waals surface area contributed by atoms with Gasteiger partial charge in [0, 0.05) is 16.1 Å². The number of halogens is 1. The summed E-state index contributed by atoms with van der Waals surface area (Å²) >= 11 is 3.38. The highest BCUT2D eigenvalue weighted by atomic mass is 79.9. The first-order valence-electron chi connectivity index (χ1n) is 6.00. The van der Waals surface area contributed by atoms with Crippen molar-refractivity contribution < 1.29 is 4.79 Å². The maximum atomic E-state index is 11.3. The SMILES string of the molecule is N#Cc1cn(-c2cccc(Br)c2C=O)c2ccccc12. The molecule has 2 aromatic carbocycles. The molecule has 3 nitrogen and oxygen atoms in total. The average Bonchev–Trinajstić information content (AvgIpc) is 2.85. The summed E-state index contributed by atoms with van der Waals surface area (Å²) in [5.74, 6) is 0. The molecule has 0 bridgehead atoms. The van der Waals surface area contributed by atoms with Gasteiger partial charge in [-0.25, -0.2) is 0 Å². The zero-order valence-corrected chi connectivity index (χ0v) is 12.0. The van der Waals surface area contributed by atoms with Crippen LogP contribution in [0.5, 0.6) is 0 Å². The summed E-state index contributed by atoms with van der Waals surface area (Å²) in [7, 11) is 0. The van der Waals surface area contributed by atoms with E-state index in [1.807, 2.05) is 47.0 Å². The number of carbonyl (C=O) groups is 1. The van der Waals surface area contributed by atoms with Gasteiger partial charge in [-0.3, -0.25) is 4.79 Å². The molecule has 0 unspecified atom stereocenters. The second-order valence-corrected chi connectivity index (χ2v) is 5.19. The molecule has 0 amide bonds. The number of carbonyl (C=O) groups excluding carboxylic acids is 1. The second-order valence-electron chi connectivity index (χ2n) is 4.33. The van der Waals surface area contributed by atoms with Crippen LogP contribution in [-0.4, -0.2) is 10.9 Å². The van der Waals surface area contributed by atoms with Crippen LogP contribution in [0.3, 0.4) is 0 Å². The van der Waals surface area contributed by atoms with Crippen molar-refractivity contribution in [1.29, 1.82) is 5.26 Å². The van der Waals surface area contributed by atoms with Gasteiger partial charge in [-0.15, -0.1) is 0 Å². The number of para-hydroxylation sites is 1. The van der Waals surface area contributed by atoms with Crippen molar-refractivity contribution in [1.82, 2.24) is 4.57 Å². The molecule has 0 N–H and O–H groups in total. The molecule has 0 fully saturated rings. The Hall–Kier alpha value is -2.38. The lowest BCUT2D eigenvalue weighted by Crippen LogP contribution is -1.98. The third kappa shape index (κ3) is 1.84. The van der Waals surface area contributed by atoms with Crippen LogP contribution >= 0.6 is 15.9 Å². The number of fused-ring (bicyclic) bond motifs is 1. The lowest BCUT2D eigenvalue weighted by molar-refractivity contribution is 0.112. The smallest absolute Gasteiger partial charge is 0.153 e. The van der Waals surface area contributed by atoms with Crippen LogP contribution in [-0.2, 0) is 0 Å². The van der Waals surface area contributed by atoms with Crippen molar-refractivity contribution in [2.45, 2.75) is 0 Å². The van der Waals surface area contributed by atoms with E-state index in [0.29, 0.717) is 11.1 Å². The van der Waals surface area contributed by atoms with E-state index in [1.165, 1.54) is 0 Å². The van der Waals surface area contributed by atoms with E-state index < -0.39 is 0 Å². The first kappa shape index (κ1) is 12.6. The Kier molecular flexibility index (Phi) is 3.13. The fourth-order valence-corrected chi connectivity index (χ4v) is 2.77. The largest absolute Gasteiger partial charge is 0.314 e. The monoisotopic (exact) mass is 324 g/mol. The van der Waals surface area contributed by atoms with Crippen molar-refractivity contribution in [2.24, 2.45) is 0 Å². The Labute approximate surface area is 124 Å². The molecule has 0 aliphatic heterocycles. The Morgan fingerprint density at radius 1 is 1.15 bits per heavy atom. The van der Waals surface area contributed by atoms with Gasteiger partial charge < -0.3 is 4.57 Å². The summed E-state index contributed by atoms with van der Waals surface area (Å²) in [6, 6.07) is 15.4.